The summed E-state index contributed by atoms with van der Waals surface area (Å²) in [5, 5.41) is 9.40. The van der Waals surface area contributed by atoms with Gasteiger partial charge in [0.1, 0.15) is 51.2 Å². The molecule has 94 heavy (non-hydrogen) atoms. The number of hydrogen-bond acceptors (Lipinski definition) is 17. The molecule has 0 aliphatic carbocycles. The fraction of sp³-hybridized carbons (Fsp3) is 0.257. The number of carboxylic acid groups (broad SMARTS) is 1. The number of halogens is 2. The average molecular weight is 1360 g/mol. The number of aromatic carboxylic acids is 1. The second kappa shape index (κ2) is 41.5. The number of aldehydes is 1. The molecule has 0 saturated heterocycles. The number of hydrogen-bond donors (Lipinski definition) is 1. The van der Waals surface area contributed by atoms with E-state index in [2.05, 4.69) is 75.1 Å². The first-order valence-electron chi connectivity index (χ1n) is 27.7. The maximum Gasteiger partial charge on any atom is 0.342 e. The second-order valence-corrected chi connectivity index (χ2v) is 20.8. The number of esters is 2. The average Bonchev–Trinajstić information content (AvgIpc) is 0.828. The van der Waals surface area contributed by atoms with E-state index in [1.165, 1.54) is 82.8 Å². The van der Waals surface area contributed by atoms with Gasteiger partial charge in [0.25, 0.3) is 0 Å². The number of ketones is 5. The topological polar surface area (TPSA) is 248 Å². The van der Waals surface area contributed by atoms with Gasteiger partial charge in [-0.1, -0.05) is 57.1 Å². The van der Waals surface area contributed by atoms with Crippen molar-refractivity contribution in [2.24, 2.45) is 0 Å². The minimum absolute atomic E-state index is 0.0214. The van der Waals surface area contributed by atoms with Crippen LogP contribution in [0.25, 0.3) is 0 Å². The first-order valence-corrected chi connectivity index (χ1v) is 28.8. The molecule has 0 amide bonds. The molecule has 0 aromatic heterocycles. The van der Waals surface area contributed by atoms with Gasteiger partial charge in [0.2, 0.25) is 28.9 Å². The fourth-order valence-corrected chi connectivity index (χ4v) is 8.38. The van der Waals surface area contributed by atoms with Gasteiger partial charge >= 0.3 is 17.9 Å². The third-order valence-corrected chi connectivity index (χ3v) is 12.5. The summed E-state index contributed by atoms with van der Waals surface area (Å²) < 4.78 is 40.9. The van der Waals surface area contributed by atoms with Crippen LogP contribution in [0.2, 0.25) is 5.02 Å². The van der Waals surface area contributed by atoms with Crippen LogP contribution in [0.1, 0.15) is 137 Å². The van der Waals surface area contributed by atoms with E-state index >= 15 is 0 Å². The summed E-state index contributed by atoms with van der Waals surface area (Å²) in [7, 11) is 11.6. The Balaban J connectivity index is 0.000000569. The van der Waals surface area contributed by atoms with E-state index < -0.39 is 17.9 Å². The monoisotopic (exact) mass is 1360 g/mol. The van der Waals surface area contributed by atoms with Crippen molar-refractivity contribution < 1.29 is 86.2 Å². The molecular formula is C74H72BrClO18. The Labute approximate surface area is 562 Å². The van der Waals surface area contributed by atoms with E-state index in [4.69, 9.17) is 54.6 Å². The number of carboxylic acids is 1. The zero-order valence-corrected chi connectivity index (χ0v) is 58.1. The quantitative estimate of drug-likeness (QED) is 0.0760. The number of carbonyl (C=O) groups excluding carboxylic acids is 8. The van der Waals surface area contributed by atoms with Crippen molar-refractivity contribution in [2.75, 3.05) is 56.9 Å². The Morgan fingerprint density at radius 2 is 0.777 bits per heavy atom. The summed E-state index contributed by atoms with van der Waals surface area (Å²) in [6, 6.07) is 23.4. The largest absolute Gasteiger partial charge is 0.497 e. The number of benzene rings is 6. The van der Waals surface area contributed by atoms with Crippen LogP contribution in [-0.4, -0.2) is 115 Å². The molecule has 0 aliphatic heterocycles. The number of methoxy groups -OCH3 is 8. The van der Waals surface area contributed by atoms with Gasteiger partial charge in [0.05, 0.1) is 73.0 Å². The molecule has 6 aromatic carbocycles. The molecule has 0 bridgehead atoms. The van der Waals surface area contributed by atoms with Gasteiger partial charge in [-0.05, 0) is 183 Å². The van der Waals surface area contributed by atoms with E-state index in [-0.39, 0.29) is 62.5 Å². The maximum atomic E-state index is 11.8. The standard InChI is InChI=1S/C14H13ClO4.C14H14O4.C13H12O4.C13H12O3.C12H12O2.C8H9BrO/c1-8-7-11(18-3)12(14(17)19-4)10(13(8)15)6-5-9(2)16;1-9-7-11(6-5-10(2)15)13(14(16)18-4)12(8-9)17-3;1-8-6-10(5-4-9(2)14)12(13(15)16)11(7-8)17-3;1-9-6-11(5-4-10(2)15)12(8-14)13(7-9)16-3;1-9-6-11(5-4-10(2)13)8-12(7-9)14-3;1-6-3-7(9)5-8(4-6)10-2/h7H,1-4H3;7-8H,1-4H3;6-7H,1-3H3,(H,15,16);6-8H,1-3H3;6-8H,1-3H3;3-5H,1-2H3. The first kappa shape index (κ1) is 81.1. The maximum absolute atomic E-state index is 11.8. The third kappa shape index (κ3) is 28.1. The van der Waals surface area contributed by atoms with Crippen LogP contribution >= 0.6 is 27.5 Å². The summed E-state index contributed by atoms with van der Waals surface area (Å²) in [6.45, 7) is 18.1. The molecule has 490 valence electrons. The molecule has 0 unspecified atom stereocenters. The van der Waals surface area contributed by atoms with Crippen molar-refractivity contribution in [3.05, 3.63) is 172 Å². The number of rotatable bonds is 10. The lowest BCUT2D eigenvalue weighted by Gasteiger charge is -2.12. The van der Waals surface area contributed by atoms with Crippen LogP contribution in [-0.2, 0) is 33.4 Å². The summed E-state index contributed by atoms with van der Waals surface area (Å²) in [6.07, 6.45) is 0.683. The van der Waals surface area contributed by atoms with Crippen molar-refractivity contribution in [3.8, 4) is 93.7 Å². The Morgan fingerprint density at radius 1 is 0.415 bits per heavy atom. The van der Waals surface area contributed by atoms with Crippen molar-refractivity contribution in [3.63, 3.8) is 0 Å². The zero-order chi connectivity index (χ0) is 71.5. The normalized spacial score (nSPS) is 9.12. The Bertz CT molecular complexity index is 4150. The first-order chi connectivity index (χ1) is 44.3. The van der Waals surface area contributed by atoms with Crippen LogP contribution in [0, 0.1) is 101 Å². The van der Waals surface area contributed by atoms with Crippen LogP contribution in [0.4, 0.5) is 0 Å². The fourth-order valence-electron chi connectivity index (χ4n) is 7.60. The van der Waals surface area contributed by atoms with Gasteiger partial charge in [0.15, 0.2) is 6.29 Å². The Hall–Kier alpha value is -10.9. The number of Topliss-reactive ketones (excluding diaryl/α,β-unsaturated/α-hetero) is 5. The number of carbonyl (C=O) groups is 9. The molecule has 1 N–H and O–H groups in total. The summed E-state index contributed by atoms with van der Waals surface area (Å²) in [5.41, 5.74) is 8.56. The van der Waals surface area contributed by atoms with Gasteiger partial charge in [-0.25, -0.2) is 14.4 Å². The molecule has 0 fully saturated rings. The molecule has 6 aromatic rings. The second-order valence-electron chi connectivity index (χ2n) is 19.5. The van der Waals surface area contributed by atoms with Crippen LogP contribution in [0.15, 0.2) is 83.3 Å². The molecule has 0 heterocycles. The van der Waals surface area contributed by atoms with E-state index in [9.17, 15) is 43.2 Å². The van der Waals surface area contributed by atoms with Crippen molar-refractivity contribution in [1.29, 1.82) is 0 Å². The van der Waals surface area contributed by atoms with E-state index in [0.29, 0.717) is 50.8 Å². The van der Waals surface area contributed by atoms with Gasteiger partial charge in [0, 0.05) is 61.3 Å². The highest BCUT2D eigenvalue weighted by Gasteiger charge is 2.22. The van der Waals surface area contributed by atoms with Gasteiger partial charge in [-0.15, -0.1) is 0 Å². The van der Waals surface area contributed by atoms with Crippen molar-refractivity contribution in [2.45, 2.75) is 76.2 Å². The molecule has 0 spiro atoms. The Morgan fingerprint density at radius 3 is 1.19 bits per heavy atom. The molecule has 20 heteroatoms. The van der Waals surface area contributed by atoms with Gasteiger partial charge in [-0.3, -0.25) is 28.8 Å². The molecular weight excluding hydrogens is 1290 g/mol. The van der Waals surface area contributed by atoms with Crippen LogP contribution < -0.4 is 28.4 Å². The van der Waals surface area contributed by atoms with E-state index in [1.807, 2.05) is 64.1 Å². The summed E-state index contributed by atoms with van der Waals surface area (Å²) >= 11 is 9.51. The minimum Gasteiger partial charge on any atom is -0.497 e. The third-order valence-electron chi connectivity index (χ3n) is 11.6. The minimum atomic E-state index is -1.13. The SMILES string of the molecule is COC(=O)c1c(C#CC(C)=O)cc(C)cc1OC.COC(=O)c1c(OC)cc(C)c(Cl)c1C#CC(C)=O.COc1cc(C)cc(Br)c1.COc1cc(C)cc(C#CC(C)=O)c1.COc1cc(C)cc(C#CC(C)=O)c1C(=O)O.COc1cc(C)cc(C#CC(C)=O)c1C=O. The highest BCUT2D eigenvalue weighted by molar-refractivity contribution is 9.10. The molecule has 0 saturated carbocycles. The zero-order valence-electron chi connectivity index (χ0n) is 55.7. The number of aryl methyl sites for hydroxylation is 6. The van der Waals surface area contributed by atoms with Crippen molar-refractivity contribution >= 4 is 80.6 Å². The van der Waals surface area contributed by atoms with Gasteiger partial charge < -0.3 is 43.0 Å². The number of ether oxygens (including phenoxy) is 8. The molecule has 18 nitrogen and oxygen atoms in total. The molecule has 0 radical (unpaired) electrons. The predicted octanol–water partition coefficient (Wildman–Crippen LogP) is 12.2. The smallest absolute Gasteiger partial charge is 0.342 e. The van der Waals surface area contributed by atoms with Crippen LogP contribution in [0.3, 0.4) is 0 Å². The lowest BCUT2D eigenvalue weighted by atomic mass is 10.0. The summed E-state index contributed by atoms with van der Waals surface area (Å²) in [4.78, 5) is 99.6. The molecule has 0 atom stereocenters. The predicted molar refractivity (Wildman–Crippen MR) is 362 cm³/mol. The molecule has 6 rings (SSSR count). The molecule has 0 aliphatic rings. The highest BCUT2D eigenvalue weighted by atomic mass is 79.9. The Kier molecular flexibility index (Phi) is 35.8. The van der Waals surface area contributed by atoms with Crippen molar-refractivity contribution in [1.82, 2.24) is 0 Å². The van der Waals surface area contributed by atoms with E-state index in [0.717, 1.165) is 43.8 Å². The lowest BCUT2D eigenvalue weighted by Crippen LogP contribution is -2.08. The van der Waals surface area contributed by atoms with E-state index in [1.54, 1.807) is 70.5 Å². The highest BCUT2D eigenvalue weighted by Crippen LogP contribution is 2.33. The van der Waals surface area contributed by atoms with Crippen LogP contribution in [0.5, 0.6) is 34.5 Å². The van der Waals surface area contributed by atoms with Gasteiger partial charge in [-0.2, -0.15) is 0 Å². The lowest BCUT2D eigenvalue weighted by molar-refractivity contribution is -0.112. The summed E-state index contributed by atoms with van der Waals surface area (Å²) in [5.74, 6) is 24.8.